The maximum atomic E-state index is 10.7. The van der Waals surface area contributed by atoms with Crippen LogP contribution in [0.3, 0.4) is 0 Å². The fourth-order valence-electron chi connectivity index (χ4n) is 4.26. The number of nitrogens with one attached hydrogen (secondary N) is 2. The lowest BCUT2D eigenvalue weighted by Crippen LogP contribution is -2.06. The van der Waals surface area contributed by atoms with E-state index in [0.717, 1.165) is 71.4 Å². The number of aliphatic carboxylic acids is 1. The summed E-state index contributed by atoms with van der Waals surface area (Å²) in [6.45, 7) is 3.71. The zero-order valence-corrected chi connectivity index (χ0v) is 20.2. The minimum Gasteiger partial charge on any atom is -0.493 e. The van der Waals surface area contributed by atoms with Crippen LogP contribution in [0.4, 0.5) is 5.69 Å². The molecule has 0 aliphatic heterocycles. The minimum atomic E-state index is -0.766. The smallest absolute Gasteiger partial charge is 0.303 e. The molecule has 35 heavy (non-hydrogen) atoms. The molecule has 0 radical (unpaired) electrons. The quantitative estimate of drug-likeness (QED) is 0.195. The van der Waals surface area contributed by atoms with Crippen molar-refractivity contribution in [2.24, 2.45) is 0 Å². The van der Waals surface area contributed by atoms with Gasteiger partial charge in [0, 0.05) is 35.2 Å². The number of rotatable bonds is 13. The average Bonchev–Trinajstić information content (AvgIpc) is 3.31. The Bertz CT molecular complexity index is 1230. The van der Waals surface area contributed by atoms with Crippen molar-refractivity contribution in [3.8, 4) is 17.0 Å². The zero-order valence-electron chi connectivity index (χ0n) is 20.2. The number of aromatic amines is 1. The second-order valence-electron chi connectivity index (χ2n) is 8.73. The SMILES string of the molecule is CCCc1c(OCCCCNc2ccc(CCC(=O)O)cc2)ccc2c(-c3ccccc3)n[nH]c12. The van der Waals surface area contributed by atoms with E-state index in [4.69, 9.17) is 9.84 Å². The van der Waals surface area contributed by atoms with Crippen LogP contribution < -0.4 is 10.1 Å². The topological polar surface area (TPSA) is 87.2 Å². The molecule has 0 atom stereocenters. The molecule has 3 aromatic carbocycles. The lowest BCUT2D eigenvalue weighted by molar-refractivity contribution is -0.136. The van der Waals surface area contributed by atoms with Gasteiger partial charge in [-0.1, -0.05) is 55.8 Å². The molecule has 1 aromatic heterocycles. The molecule has 6 heteroatoms. The number of fused-ring (bicyclic) bond motifs is 1. The third-order valence-corrected chi connectivity index (χ3v) is 6.09. The molecule has 6 nitrogen and oxygen atoms in total. The van der Waals surface area contributed by atoms with Crippen molar-refractivity contribution in [2.45, 2.75) is 45.4 Å². The number of unbranched alkanes of at least 4 members (excludes halogenated alkanes) is 1. The van der Waals surface area contributed by atoms with Crippen LogP contribution in [0.2, 0.25) is 0 Å². The van der Waals surface area contributed by atoms with E-state index in [-0.39, 0.29) is 6.42 Å². The Morgan fingerprint density at radius 1 is 1.00 bits per heavy atom. The first-order valence-electron chi connectivity index (χ1n) is 12.4. The molecule has 3 N–H and O–H groups in total. The van der Waals surface area contributed by atoms with Crippen LogP contribution in [0.25, 0.3) is 22.2 Å². The summed E-state index contributed by atoms with van der Waals surface area (Å²) in [5, 5.41) is 21.2. The fraction of sp³-hybridized carbons (Fsp3) is 0.310. The van der Waals surface area contributed by atoms with Gasteiger partial charge in [-0.15, -0.1) is 0 Å². The van der Waals surface area contributed by atoms with Crippen molar-refractivity contribution in [3.05, 3.63) is 77.9 Å². The standard InChI is InChI=1S/C29H33N3O3/c1-2-8-24-26(17-16-25-28(31-32-29(24)25)22-9-4-3-5-10-22)35-20-7-6-19-30-23-14-11-21(12-15-23)13-18-27(33)34/h3-5,9-12,14-17,30H,2,6-8,13,18-20H2,1H3,(H,31,32)(H,33,34). The summed E-state index contributed by atoms with van der Waals surface area (Å²) in [5.74, 6) is 0.171. The number of aromatic nitrogens is 2. The number of carbonyl (C=O) groups is 1. The van der Waals surface area contributed by atoms with Crippen molar-refractivity contribution in [1.29, 1.82) is 0 Å². The number of nitrogens with zero attached hydrogens (tertiary/aromatic N) is 1. The highest BCUT2D eigenvalue weighted by Gasteiger charge is 2.15. The first kappa shape index (κ1) is 24.3. The van der Waals surface area contributed by atoms with Crippen molar-refractivity contribution in [3.63, 3.8) is 0 Å². The molecule has 0 aliphatic carbocycles. The van der Waals surface area contributed by atoms with Gasteiger partial charge in [0.25, 0.3) is 0 Å². The van der Waals surface area contributed by atoms with E-state index >= 15 is 0 Å². The number of hydrogen-bond donors (Lipinski definition) is 3. The van der Waals surface area contributed by atoms with Crippen molar-refractivity contribution >= 4 is 22.6 Å². The fourth-order valence-corrected chi connectivity index (χ4v) is 4.26. The molecule has 0 fully saturated rings. The van der Waals surface area contributed by atoms with Gasteiger partial charge in [-0.3, -0.25) is 9.89 Å². The third-order valence-electron chi connectivity index (χ3n) is 6.09. The van der Waals surface area contributed by atoms with Crippen LogP contribution >= 0.6 is 0 Å². The van der Waals surface area contributed by atoms with Crippen LogP contribution in [0.15, 0.2) is 66.7 Å². The minimum absolute atomic E-state index is 0.161. The van der Waals surface area contributed by atoms with Gasteiger partial charge < -0.3 is 15.2 Å². The largest absolute Gasteiger partial charge is 0.493 e. The summed E-state index contributed by atoms with van der Waals surface area (Å²) >= 11 is 0. The number of H-pyrrole nitrogens is 1. The number of aryl methyl sites for hydroxylation is 2. The van der Waals surface area contributed by atoms with E-state index in [1.807, 2.05) is 42.5 Å². The molecular weight excluding hydrogens is 438 g/mol. The Hall–Kier alpha value is -3.80. The van der Waals surface area contributed by atoms with Gasteiger partial charge in [-0.2, -0.15) is 5.10 Å². The lowest BCUT2D eigenvalue weighted by Gasteiger charge is -2.13. The normalized spacial score (nSPS) is 11.0. The van der Waals surface area contributed by atoms with E-state index in [1.165, 1.54) is 5.56 Å². The highest BCUT2D eigenvalue weighted by molar-refractivity contribution is 5.95. The maximum Gasteiger partial charge on any atom is 0.303 e. The Morgan fingerprint density at radius 2 is 1.80 bits per heavy atom. The van der Waals surface area contributed by atoms with Gasteiger partial charge in [0.2, 0.25) is 0 Å². The number of carboxylic acid groups (broad SMARTS) is 1. The van der Waals surface area contributed by atoms with Gasteiger partial charge in [-0.05, 0) is 55.5 Å². The summed E-state index contributed by atoms with van der Waals surface area (Å²) in [7, 11) is 0. The molecular formula is C29H33N3O3. The monoisotopic (exact) mass is 471 g/mol. The van der Waals surface area contributed by atoms with Gasteiger partial charge >= 0.3 is 5.97 Å². The van der Waals surface area contributed by atoms with E-state index in [9.17, 15) is 4.79 Å². The third kappa shape index (κ3) is 6.41. The number of hydrogen-bond acceptors (Lipinski definition) is 4. The van der Waals surface area contributed by atoms with Crippen LogP contribution in [0, 0.1) is 0 Å². The molecule has 4 aromatic rings. The highest BCUT2D eigenvalue weighted by Crippen LogP contribution is 2.33. The van der Waals surface area contributed by atoms with Gasteiger partial charge in [0.15, 0.2) is 0 Å². The lowest BCUT2D eigenvalue weighted by atomic mass is 10.0. The number of ether oxygens (including phenoxy) is 1. The average molecular weight is 472 g/mol. The van der Waals surface area contributed by atoms with Gasteiger partial charge in [0.05, 0.1) is 17.8 Å². The van der Waals surface area contributed by atoms with Crippen LogP contribution in [0.5, 0.6) is 5.75 Å². The summed E-state index contributed by atoms with van der Waals surface area (Å²) in [6, 6.07) is 22.4. The molecule has 0 bridgehead atoms. The molecule has 182 valence electrons. The Morgan fingerprint density at radius 3 is 2.54 bits per heavy atom. The Balaban J connectivity index is 1.29. The second-order valence-corrected chi connectivity index (χ2v) is 8.73. The molecule has 0 unspecified atom stereocenters. The van der Waals surface area contributed by atoms with Crippen LogP contribution in [-0.4, -0.2) is 34.4 Å². The predicted molar refractivity (Wildman–Crippen MR) is 141 cm³/mol. The van der Waals surface area contributed by atoms with E-state index < -0.39 is 5.97 Å². The zero-order chi connectivity index (χ0) is 24.5. The van der Waals surface area contributed by atoms with Crippen molar-refractivity contribution < 1.29 is 14.6 Å². The molecule has 1 heterocycles. The number of anilines is 1. The molecule has 0 amide bonds. The van der Waals surface area contributed by atoms with Gasteiger partial charge in [0.1, 0.15) is 5.75 Å². The molecule has 0 spiro atoms. The molecule has 0 saturated heterocycles. The van der Waals surface area contributed by atoms with E-state index in [2.05, 4.69) is 46.7 Å². The van der Waals surface area contributed by atoms with Crippen LogP contribution in [-0.2, 0) is 17.6 Å². The molecule has 4 rings (SSSR count). The second kappa shape index (κ2) is 12.1. The number of carboxylic acids is 1. The van der Waals surface area contributed by atoms with E-state index in [0.29, 0.717) is 13.0 Å². The summed E-state index contributed by atoms with van der Waals surface area (Å²) < 4.78 is 6.20. The summed E-state index contributed by atoms with van der Waals surface area (Å²) in [6.07, 6.45) is 4.64. The Kier molecular flexibility index (Phi) is 8.39. The van der Waals surface area contributed by atoms with Gasteiger partial charge in [-0.25, -0.2) is 0 Å². The number of benzene rings is 3. The van der Waals surface area contributed by atoms with Crippen molar-refractivity contribution in [2.75, 3.05) is 18.5 Å². The Labute approximate surface area is 206 Å². The predicted octanol–water partition coefficient (Wildman–Crippen LogP) is 6.47. The maximum absolute atomic E-state index is 10.7. The summed E-state index contributed by atoms with van der Waals surface area (Å²) in [5.41, 5.74) is 6.44. The molecule has 0 aliphatic rings. The first-order valence-corrected chi connectivity index (χ1v) is 12.4. The summed E-state index contributed by atoms with van der Waals surface area (Å²) in [4.78, 5) is 10.7. The van der Waals surface area contributed by atoms with Crippen LogP contribution in [0.1, 0.15) is 43.7 Å². The highest BCUT2D eigenvalue weighted by atomic mass is 16.5. The molecule has 0 saturated carbocycles. The van der Waals surface area contributed by atoms with Crippen molar-refractivity contribution in [1.82, 2.24) is 10.2 Å². The first-order chi connectivity index (χ1) is 17.2. The van der Waals surface area contributed by atoms with E-state index in [1.54, 1.807) is 0 Å².